The van der Waals surface area contributed by atoms with Crippen LogP contribution in [0.1, 0.15) is 48.7 Å². The van der Waals surface area contributed by atoms with Gasteiger partial charge in [0.1, 0.15) is 11.2 Å². The van der Waals surface area contributed by atoms with Gasteiger partial charge in [-0.05, 0) is 43.0 Å². The highest BCUT2D eigenvalue weighted by Crippen LogP contribution is 2.34. The first kappa shape index (κ1) is 20.6. The van der Waals surface area contributed by atoms with E-state index in [0.717, 1.165) is 42.5 Å². The summed E-state index contributed by atoms with van der Waals surface area (Å²) in [4.78, 5) is 29.2. The van der Waals surface area contributed by atoms with Crippen molar-refractivity contribution < 1.29 is 9.59 Å². The van der Waals surface area contributed by atoms with Gasteiger partial charge in [0.15, 0.2) is 0 Å². The fourth-order valence-electron chi connectivity index (χ4n) is 5.06. The molecular weight excluding hydrogens is 398 g/mol. The third-order valence-electron chi connectivity index (χ3n) is 6.94. The number of hydrogen-bond acceptors (Lipinski definition) is 2. The summed E-state index contributed by atoms with van der Waals surface area (Å²) in [6, 6.07) is 24.0. The Bertz CT molecular complexity index is 1120. The molecule has 164 valence electrons. The standard InChI is InChI=1S/C27H29N3O2/c1-27(26(32)28-22-14-8-9-15-22)19-29-23(21-12-6-3-7-13-21)16-17-24(29)25(31)30(27)18-20-10-4-2-5-11-20/h2-7,10-13,16-17,22H,8-9,14-15,18-19H2,1H3,(H,28,32). The molecule has 0 bridgehead atoms. The molecule has 3 aromatic rings. The van der Waals surface area contributed by atoms with Crippen molar-refractivity contribution in [2.75, 3.05) is 0 Å². The maximum Gasteiger partial charge on any atom is 0.271 e. The molecule has 0 spiro atoms. The zero-order valence-electron chi connectivity index (χ0n) is 18.5. The van der Waals surface area contributed by atoms with E-state index < -0.39 is 5.54 Å². The van der Waals surface area contributed by atoms with E-state index in [-0.39, 0.29) is 17.9 Å². The van der Waals surface area contributed by atoms with Crippen LogP contribution in [0.4, 0.5) is 0 Å². The van der Waals surface area contributed by atoms with Crippen molar-refractivity contribution in [3.8, 4) is 11.3 Å². The molecular formula is C27H29N3O2. The maximum atomic E-state index is 13.7. The minimum atomic E-state index is -0.981. The van der Waals surface area contributed by atoms with Crippen LogP contribution >= 0.6 is 0 Å². The van der Waals surface area contributed by atoms with Gasteiger partial charge in [0.2, 0.25) is 5.91 Å². The molecule has 2 aliphatic rings. The van der Waals surface area contributed by atoms with Crippen molar-refractivity contribution in [1.29, 1.82) is 0 Å². The molecule has 1 N–H and O–H groups in total. The average molecular weight is 428 g/mol. The summed E-state index contributed by atoms with van der Waals surface area (Å²) >= 11 is 0. The van der Waals surface area contributed by atoms with E-state index in [1.807, 2.05) is 84.3 Å². The molecule has 5 heteroatoms. The number of carbonyl (C=O) groups excluding carboxylic acids is 2. The smallest absolute Gasteiger partial charge is 0.271 e. The molecule has 0 radical (unpaired) electrons. The number of carbonyl (C=O) groups is 2. The molecule has 2 amide bonds. The lowest BCUT2D eigenvalue weighted by atomic mass is 9.93. The van der Waals surface area contributed by atoms with E-state index in [1.165, 1.54) is 0 Å². The number of nitrogens with one attached hydrogen (secondary N) is 1. The Hall–Kier alpha value is -3.34. The molecule has 1 aliphatic carbocycles. The first-order valence-corrected chi connectivity index (χ1v) is 11.5. The summed E-state index contributed by atoms with van der Waals surface area (Å²) in [6.45, 7) is 2.74. The van der Waals surface area contributed by atoms with Gasteiger partial charge in [-0.3, -0.25) is 9.59 Å². The SMILES string of the molecule is CC1(C(=O)NC2CCCC2)Cn2c(ccc2-c2ccccc2)C(=O)N1Cc1ccccc1. The number of nitrogens with zero attached hydrogens (tertiary/aromatic N) is 2. The van der Waals surface area contributed by atoms with Gasteiger partial charge >= 0.3 is 0 Å². The van der Waals surface area contributed by atoms with E-state index in [1.54, 1.807) is 4.90 Å². The Morgan fingerprint density at radius 1 is 0.938 bits per heavy atom. The lowest BCUT2D eigenvalue weighted by molar-refractivity contribution is -0.133. The van der Waals surface area contributed by atoms with E-state index in [2.05, 4.69) is 5.32 Å². The van der Waals surface area contributed by atoms with Crippen LogP contribution in [0.25, 0.3) is 11.3 Å². The van der Waals surface area contributed by atoms with Crippen molar-refractivity contribution in [3.05, 3.63) is 84.1 Å². The van der Waals surface area contributed by atoms with Crippen molar-refractivity contribution in [1.82, 2.24) is 14.8 Å². The van der Waals surface area contributed by atoms with E-state index in [4.69, 9.17) is 0 Å². The molecule has 1 atom stereocenters. The van der Waals surface area contributed by atoms with Crippen LogP contribution in [0, 0.1) is 0 Å². The second-order valence-corrected chi connectivity index (χ2v) is 9.16. The summed E-state index contributed by atoms with van der Waals surface area (Å²) in [6.07, 6.45) is 4.32. The number of fused-ring (bicyclic) bond motifs is 1. The average Bonchev–Trinajstić information content (AvgIpc) is 3.48. The van der Waals surface area contributed by atoms with E-state index in [9.17, 15) is 9.59 Å². The number of hydrogen-bond donors (Lipinski definition) is 1. The van der Waals surface area contributed by atoms with Crippen molar-refractivity contribution >= 4 is 11.8 Å². The Labute approximate surface area is 189 Å². The molecule has 1 aromatic heterocycles. The minimum absolute atomic E-state index is 0.0629. The maximum absolute atomic E-state index is 13.7. The summed E-state index contributed by atoms with van der Waals surface area (Å²) in [5, 5.41) is 3.26. The molecule has 2 aromatic carbocycles. The minimum Gasteiger partial charge on any atom is -0.351 e. The van der Waals surface area contributed by atoms with Gasteiger partial charge in [-0.25, -0.2) is 0 Å². The van der Waals surface area contributed by atoms with E-state index in [0.29, 0.717) is 18.8 Å². The molecule has 32 heavy (non-hydrogen) atoms. The highest BCUT2D eigenvalue weighted by molar-refractivity contribution is 6.00. The molecule has 1 fully saturated rings. The summed E-state index contributed by atoms with van der Waals surface area (Å²) in [5.74, 6) is -0.168. The Kier molecular flexibility index (Phi) is 5.33. The summed E-state index contributed by atoms with van der Waals surface area (Å²) in [7, 11) is 0. The molecule has 1 saturated carbocycles. The monoisotopic (exact) mass is 427 g/mol. The van der Waals surface area contributed by atoms with Crippen LogP contribution < -0.4 is 5.32 Å². The Morgan fingerprint density at radius 3 is 2.25 bits per heavy atom. The zero-order valence-corrected chi connectivity index (χ0v) is 18.5. The van der Waals surface area contributed by atoms with Gasteiger partial charge in [-0.15, -0.1) is 0 Å². The van der Waals surface area contributed by atoms with Gasteiger partial charge in [0.25, 0.3) is 5.91 Å². The van der Waals surface area contributed by atoms with Gasteiger partial charge in [-0.2, -0.15) is 0 Å². The van der Waals surface area contributed by atoms with E-state index >= 15 is 0 Å². The van der Waals surface area contributed by atoms with Crippen LogP contribution in [0.5, 0.6) is 0 Å². The molecule has 1 unspecified atom stereocenters. The van der Waals surface area contributed by atoms with Crippen molar-refractivity contribution in [3.63, 3.8) is 0 Å². The molecule has 5 rings (SSSR count). The van der Waals surface area contributed by atoms with Crippen LogP contribution in [-0.2, 0) is 17.9 Å². The van der Waals surface area contributed by atoms with Crippen LogP contribution in [-0.4, -0.2) is 32.9 Å². The largest absolute Gasteiger partial charge is 0.351 e. The quantitative estimate of drug-likeness (QED) is 0.646. The van der Waals surface area contributed by atoms with Crippen LogP contribution in [0.3, 0.4) is 0 Å². The van der Waals surface area contributed by atoms with Gasteiger partial charge < -0.3 is 14.8 Å². The number of aromatic nitrogens is 1. The Morgan fingerprint density at radius 2 is 1.56 bits per heavy atom. The first-order valence-electron chi connectivity index (χ1n) is 11.5. The fourth-order valence-corrected chi connectivity index (χ4v) is 5.06. The van der Waals surface area contributed by atoms with Gasteiger partial charge in [0, 0.05) is 18.3 Å². The fraction of sp³-hybridized carbons (Fsp3) is 0.333. The second-order valence-electron chi connectivity index (χ2n) is 9.16. The van der Waals surface area contributed by atoms with Crippen molar-refractivity contribution in [2.45, 2.75) is 57.3 Å². The lowest BCUT2D eigenvalue weighted by Gasteiger charge is -2.45. The second kappa shape index (κ2) is 8.30. The summed E-state index contributed by atoms with van der Waals surface area (Å²) in [5.41, 5.74) is 2.68. The van der Waals surface area contributed by atoms with Gasteiger partial charge in [0.05, 0.1) is 6.54 Å². The summed E-state index contributed by atoms with van der Waals surface area (Å²) < 4.78 is 2.02. The topological polar surface area (TPSA) is 54.3 Å². The number of rotatable bonds is 5. The molecule has 1 aliphatic heterocycles. The first-order chi connectivity index (χ1) is 15.6. The number of benzene rings is 2. The predicted molar refractivity (Wildman–Crippen MR) is 125 cm³/mol. The third-order valence-corrected chi connectivity index (χ3v) is 6.94. The van der Waals surface area contributed by atoms with Crippen molar-refractivity contribution in [2.24, 2.45) is 0 Å². The molecule has 2 heterocycles. The molecule has 5 nitrogen and oxygen atoms in total. The van der Waals surface area contributed by atoms with Crippen LogP contribution in [0.15, 0.2) is 72.8 Å². The highest BCUT2D eigenvalue weighted by Gasteiger charge is 2.48. The predicted octanol–water partition coefficient (Wildman–Crippen LogP) is 4.63. The highest BCUT2D eigenvalue weighted by atomic mass is 16.2. The van der Waals surface area contributed by atoms with Crippen LogP contribution in [0.2, 0.25) is 0 Å². The third kappa shape index (κ3) is 3.62. The lowest BCUT2D eigenvalue weighted by Crippen LogP contribution is -2.64. The zero-order chi connectivity index (χ0) is 22.1. The normalized spacial score (nSPS) is 20.9. The van der Waals surface area contributed by atoms with Gasteiger partial charge in [-0.1, -0.05) is 73.5 Å². The Balaban J connectivity index is 1.55. The number of amides is 2. The molecule has 0 saturated heterocycles.